The summed E-state index contributed by atoms with van der Waals surface area (Å²) in [4.78, 5) is 11.9. The number of hydrogen-bond acceptors (Lipinski definition) is 5. The average Bonchev–Trinajstić information content (AvgIpc) is 2.73. The standard InChI is InChI=1S/C24H31N3O4S/c1-17(2)15-27(32(30,31)22-11-5-18(3)6-12-22)16-24(29)23(26-19(4)28)13-20-7-9-21(14-25)10-8-20/h5-12,17,23-24,29H,13,15-16H2,1-4H3,(H,26,28)/t23-,24+/m0/s1. The number of nitrogens with one attached hydrogen (secondary N) is 1. The molecule has 0 aliphatic rings. The topological polar surface area (TPSA) is 110 Å². The smallest absolute Gasteiger partial charge is 0.243 e. The number of rotatable bonds is 10. The van der Waals surface area contributed by atoms with E-state index in [9.17, 15) is 18.3 Å². The second-order valence-corrected chi connectivity index (χ2v) is 10.4. The summed E-state index contributed by atoms with van der Waals surface area (Å²) in [6.45, 7) is 7.13. The number of nitriles is 1. The Hall–Kier alpha value is -2.73. The minimum Gasteiger partial charge on any atom is -0.390 e. The van der Waals surface area contributed by atoms with Crippen LogP contribution in [0.15, 0.2) is 53.4 Å². The van der Waals surface area contributed by atoms with Crippen LogP contribution in [-0.4, -0.2) is 49.0 Å². The van der Waals surface area contributed by atoms with E-state index in [1.807, 2.05) is 26.8 Å². The van der Waals surface area contributed by atoms with Gasteiger partial charge in [-0.05, 0) is 49.1 Å². The normalized spacial score (nSPS) is 13.6. The van der Waals surface area contributed by atoms with Gasteiger partial charge in [0.2, 0.25) is 15.9 Å². The van der Waals surface area contributed by atoms with Gasteiger partial charge in [-0.25, -0.2) is 8.42 Å². The van der Waals surface area contributed by atoms with E-state index in [0.717, 1.165) is 11.1 Å². The third kappa shape index (κ3) is 7.16. The minimum atomic E-state index is -3.83. The van der Waals surface area contributed by atoms with E-state index in [0.29, 0.717) is 12.0 Å². The van der Waals surface area contributed by atoms with Crippen molar-refractivity contribution in [2.24, 2.45) is 5.92 Å². The molecule has 0 saturated heterocycles. The molecule has 1 amide bonds. The molecule has 2 aromatic rings. The third-order valence-corrected chi connectivity index (χ3v) is 6.86. The molecule has 0 heterocycles. The molecule has 0 aromatic heterocycles. The molecule has 0 fully saturated rings. The SMILES string of the molecule is CC(=O)N[C@@H](Cc1ccc(C#N)cc1)[C@H](O)CN(CC(C)C)S(=O)(=O)c1ccc(C)cc1. The Kier molecular flexibility index (Phi) is 8.96. The lowest BCUT2D eigenvalue weighted by Crippen LogP contribution is -2.50. The van der Waals surface area contributed by atoms with Crippen LogP contribution in [0.2, 0.25) is 0 Å². The summed E-state index contributed by atoms with van der Waals surface area (Å²) in [7, 11) is -3.83. The number of aryl methyl sites for hydroxylation is 1. The second kappa shape index (κ2) is 11.2. The highest BCUT2D eigenvalue weighted by atomic mass is 32.2. The van der Waals surface area contributed by atoms with E-state index < -0.39 is 22.2 Å². The van der Waals surface area contributed by atoms with Gasteiger partial charge in [-0.15, -0.1) is 0 Å². The summed E-state index contributed by atoms with van der Waals surface area (Å²) in [5.41, 5.74) is 2.28. The number of aliphatic hydroxyl groups is 1. The van der Waals surface area contributed by atoms with Crippen molar-refractivity contribution in [3.05, 3.63) is 65.2 Å². The Morgan fingerprint density at radius 3 is 2.19 bits per heavy atom. The van der Waals surface area contributed by atoms with Crippen molar-refractivity contribution in [1.29, 1.82) is 5.26 Å². The summed E-state index contributed by atoms with van der Waals surface area (Å²) in [5.74, 6) is -0.278. The van der Waals surface area contributed by atoms with Crippen LogP contribution >= 0.6 is 0 Å². The van der Waals surface area contributed by atoms with Gasteiger partial charge >= 0.3 is 0 Å². The molecule has 0 unspecified atom stereocenters. The molecule has 7 nitrogen and oxygen atoms in total. The van der Waals surface area contributed by atoms with Crippen LogP contribution in [0.4, 0.5) is 0 Å². The molecule has 32 heavy (non-hydrogen) atoms. The highest BCUT2D eigenvalue weighted by Gasteiger charge is 2.31. The van der Waals surface area contributed by atoms with Crippen molar-refractivity contribution >= 4 is 15.9 Å². The molecule has 0 saturated carbocycles. The maximum Gasteiger partial charge on any atom is 0.243 e. The fraction of sp³-hybridized carbons (Fsp3) is 0.417. The molecular formula is C24H31N3O4S. The lowest BCUT2D eigenvalue weighted by molar-refractivity contribution is -0.120. The monoisotopic (exact) mass is 457 g/mol. The molecule has 0 radical (unpaired) electrons. The predicted molar refractivity (Wildman–Crippen MR) is 123 cm³/mol. The number of nitrogens with zero attached hydrogens (tertiary/aromatic N) is 2. The highest BCUT2D eigenvalue weighted by Crippen LogP contribution is 2.19. The first-order chi connectivity index (χ1) is 15.0. The molecule has 172 valence electrons. The van der Waals surface area contributed by atoms with Gasteiger partial charge in [-0.2, -0.15) is 9.57 Å². The zero-order valence-electron chi connectivity index (χ0n) is 18.9. The second-order valence-electron chi connectivity index (χ2n) is 8.42. The summed E-state index contributed by atoms with van der Waals surface area (Å²) in [6.07, 6.45) is -0.833. The molecular weight excluding hydrogens is 426 g/mol. The summed E-state index contributed by atoms with van der Waals surface area (Å²) < 4.78 is 27.8. The maximum atomic E-state index is 13.3. The van der Waals surface area contributed by atoms with E-state index >= 15 is 0 Å². The van der Waals surface area contributed by atoms with Gasteiger partial charge in [0.25, 0.3) is 0 Å². The molecule has 0 bridgehead atoms. The summed E-state index contributed by atoms with van der Waals surface area (Å²) in [5, 5.41) is 22.7. The van der Waals surface area contributed by atoms with Crippen LogP contribution in [0.5, 0.6) is 0 Å². The maximum absolute atomic E-state index is 13.3. The molecule has 0 aliphatic heterocycles. The van der Waals surface area contributed by atoms with Gasteiger partial charge < -0.3 is 10.4 Å². The predicted octanol–water partition coefficient (Wildman–Crippen LogP) is 2.62. The molecule has 0 aliphatic carbocycles. The van der Waals surface area contributed by atoms with Crippen LogP contribution in [0, 0.1) is 24.2 Å². The zero-order chi connectivity index (χ0) is 23.9. The quantitative estimate of drug-likeness (QED) is 0.570. The fourth-order valence-corrected chi connectivity index (χ4v) is 5.01. The van der Waals surface area contributed by atoms with E-state index in [1.54, 1.807) is 48.5 Å². The first-order valence-corrected chi connectivity index (χ1v) is 12.0. The number of aliphatic hydroxyl groups excluding tert-OH is 1. The summed E-state index contributed by atoms with van der Waals surface area (Å²) >= 11 is 0. The number of amides is 1. The van der Waals surface area contributed by atoms with Crippen LogP contribution < -0.4 is 5.32 Å². The highest BCUT2D eigenvalue weighted by molar-refractivity contribution is 7.89. The molecule has 2 atom stereocenters. The van der Waals surface area contributed by atoms with E-state index in [4.69, 9.17) is 5.26 Å². The molecule has 0 spiro atoms. The van der Waals surface area contributed by atoms with Crippen LogP contribution in [0.3, 0.4) is 0 Å². The van der Waals surface area contributed by atoms with Crippen molar-refractivity contribution in [2.75, 3.05) is 13.1 Å². The van der Waals surface area contributed by atoms with Gasteiger partial charge in [0, 0.05) is 20.0 Å². The number of hydrogen-bond donors (Lipinski definition) is 2. The van der Waals surface area contributed by atoms with E-state index in [1.165, 1.54) is 11.2 Å². The van der Waals surface area contributed by atoms with Crippen molar-refractivity contribution in [3.8, 4) is 6.07 Å². The fourth-order valence-electron chi connectivity index (χ4n) is 3.39. The van der Waals surface area contributed by atoms with Gasteiger partial charge in [-0.1, -0.05) is 43.7 Å². The van der Waals surface area contributed by atoms with Gasteiger partial charge in [0.05, 0.1) is 28.7 Å². The Bertz CT molecular complexity index is 1040. The molecule has 2 aromatic carbocycles. The Morgan fingerprint density at radius 1 is 1.09 bits per heavy atom. The van der Waals surface area contributed by atoms with Gasteiger partial charge in [-0.3, -0.25) is 4.79 Å². The minimum absolute atomic E-state index is 0.0418. The zero-order valence-corrected chi connectivity index (χ0v) is 19.8. The summed E-state index contributed by atoms with van der Waals surface area (Å²) in [6, 6.07) is 14.8. The van der Waals surface area contributed by atoms with E-state index in [2.05, 4.69) is 5.32 Å². The number of sulfonamides is 1. The molecule has 2 N–H and O–H groups in total. The van der Waals surface area contributed by atoms with Crippen molar-refractivity contribution in [2.45, 2.75) is 51.2 Å². The average molecular weight is 458 g/mol. The van der Waals surface area contributed by atoms with E-state index in [-0.39, 0.29) is 29.8 Å². The van der Waals surface area contributed by atoms with Crippen LogP contribution in [-0.2, 0) is 21.2 Å². The first kappa shape index (κ1) is 25.5. The van der Waals surface area contributed by atoms with Crippen molar-refractivity contribution in [3.63, 3.8) is 0 Å². The van der Waals surface area contributed by atoms with Crippen LogP contribution in [0.25, 0.3) is 0 Å². The van der Waals surface area contributed by atoms with Crippen molar-refractivity contribution in [1.82, 2.24) is 9.62 Å². The Morgan fingerprint density at radius 2 is 1.69 bits per heavy atom. The number of carbonyl (C=O) groups excluding carboxylic acids is 1. The largest absolute Gasteiger partial charge is 0.390 e. The molecule has 2 rings (SSSR count). The number of benzene rings is 2. The Labute approximate surface area is 190 Å². The van der Waals surface area contributed by atoms with Crippen molar-refractivity contribution < 1.29 is 18.3 Å². The van der Waals surface area contributed by atoms with Gasteiger partial charge in [0.15, 0.2) is 0 Å². The third-order valence-electron chi connectivity index (χ3n) is 5.01. The van der Waals surface area contributed by atoms with Crippen LogP contribution in [0.1, 0.15) is 37.5 Å². The number of carbonyl (C=O) groups is 1. The van der Waals surface area contributed by atoms with Gasteiger partial charge in [0.1, 0.15) is 0 Å². The lowest BCUT2D eigenvalue weighted by atomic mass is 10.00. The molecule has 8 heteroatoms. The first-order valence-electron chi connectivity index (χ1n) is 10.5. The Balaban J connectivity index is 2.28. The lowest BCUT2D eigenvalue weighted by Gasteiger charge is -2.30.